The number of hydrogen-bond donors (Lipinski definition) is 2. The Hall–Kier alpha value is -1.85. The van der Waals surface area contributed by atoms with Crippen LogP contribution in [-0.2, 0) is 9.47 Å². The SMILES string of the molecule is CCOC(O)c1c(I)c(-c2ccc(OC3CC4CC4C3)cc2)nn1C1CCC(NC(=O)OC(C)(C)C)CC1. The Morgan fingerprint density at radius 1 is 1.13 bits per heavy atom. The zero-order chi connectivity index (χ0) is 27.0. The number of aromatic nitrogens is 2. The minimum Gasteiger partial charge on any atom is -0.490 e. The van der Waals surface area contributed by atoms with Crippen molar-refractivity contribution in [3.05, 3.63) is 33.5 Å². The van der Waals surface area contributed by atoms with Gasteiger partial charge in [-0.3, -0.25) is 4.68 Å². The first-order valence-electron chi connectivity index (χ1n) is 14.0. The standard InChI is InChI=1S/C29H40IN3O5/c1-5-36-27(34)26-24(30)25(17-6-12-22(13-7-17)37-23-15-18-14-19(18)16-23)32-33(26)21-10-8-20(9-11-21)31-28(35)38-29(2,3)4/h6-7,12-13,18-21,23,27,34H,5,8-11,14-16H2,1-4H3,(H,31,35). The molecule has 9 heteroatoms. The average molecular weight is 638 g/mol. The number of nitrogens with one attached hydrogen (secondary N) is 1. The Morgan fingerprint density at radius 3 is 2.39 bits per heavy atom. The maximum absolute atomic E-state index is 12.2. The van der Waals surface area contributed by atoms with E-state index >= 15 is 0 Å². The molecule has 1 amide bonds. The highest BCUT2D eigenvalue weighted by Crippen LogP contribution is 2.52. The fourth-order valence-corrected chi connectivity index (χ4v) is 6.86. The van der Waals surface area contributed by atoms with Gasteiger partial charge in [-0.25, -0.2) is 4.79 Å². The van der Waals surface area contributed by atoms with Crippen molar-refractivity contribution in [2.75, 3.05) is 6.61 Å². The Balaban J connectivity index is 1.29. The van der Waals surface area contributed by atoms with E-state index in [-0.39, 0.29) is 18.2 Å². The summed E-state index contributed by atoms with van der Waals surface area (Å²) in [6.07, 6.45) is 5.97. The van der Waals surface area contributed by atoms with E-state index in [1.54, 1.807) is 0 Å². The van der Waals surface area contributed by atoms with Crippen LogP contribution in [-0.4, -0.2) is 45.3 Å². The van der Waals surface area contributed by atoms with Crippen LogP contribution in [0.2, 0.25) is 0 Å². The normalized spacial score (nSPS) is 27.5. The van der Waals surface area contributed by atoms with E-state index in [2.05, 4.69) is 40.0 Å². The summed E-state index contributed by atoms with van der Waals surface area (Å²) in [5.74, 6) is 2.69. The van der Waals surface area contributed by atoms with Gasteiger partial charge in [0.1, 0.15) is 22.7 Å². The number of nitrogens with zero attached hydrogens (tertiary/aromatic N) is 2. The van der Waals surface area contributed by atoms with Crippen LogP contribution in [0.4, 0.5) is 4.79 Å². The van der Waals surface area contributed by atoms with E-state index in [1.807, 2.05) is 44.5 Å². The summed E-state index contributed by atoms with van der Waals surface area (Å²) in [5, 5.41) is 18.9. The van der Waals surface area contributed by atoms with Gasteiger partial charge >= 0.3 is 6.09 Å². The van der Waals surface area contributed by atoms with E-state index in [0.29, 0.717) is 18.4 Å². The molecule has 0 aliphatic heterocycles. The summed E-state index contributed by atoms with van der Waals surface area (Å²) in [4.78, 5) is 12.2. The first-order chi connectivity index (χ1) is 18.1. The molecule has 0 saturated heterocycles. The largest absolute Gasteiger partial charge is 0.490 e. The summed E-state index contributed by atoms with van der Waals surface area (Å²) in [6, 6.07) is 8.34. The number of alkyl carbamates (subject to hydrolysis) is 1. The minimum absolute atomic E-state index is 0.0637. The van der Waals surface area contributed by atoms with Crippen molar-refractivity contribution in [3.8, 4) is 17.0 Å². The molecule has 1 heterocycles. The molecule has 8 nitrogen and oxygen atoms in total. The lowest BCUT2D eigenvalue weighted by atomic mass is 9.91. The minimum atomic E-state index is -1.05. The summed E-state index contributed by atoms with van der Waals surface area (Å²) >= 11 is 2.28. The molecule has 0 bridgehead atoms. The van der Waals surface area contributed by atoms with Crippen LogP contribution in [0.5, 0.6) is 5.75 Å². The van der Waals surface area contributed by atoms with E-state index in [9.17, 15) is 9.90 Å². The number of ether oxygens (including phenoxy) is 3. The van der Waals surface area contributed by atoms with Crippen LogP contribution < -0.4 is 10.1 Å². The molecule has 3 unspecified atom stereocenters. The van der Waals surface area contributed by atoms with Gasteiger partial charge in [-0.05, 0) is 131 Å². The van der Waals surface area contributed by atoms with Crippen LogP contribution >= 0.6 is 22.6 Å². The van der Waals surface area contributed by atoms with Gasteiger partial charge in [0.25, 0.3) is 0 Å². The van der Waals surface area contributed by atoms with Gasteiger partial charge in [0.15, 0.2) is 6.29 Å². The molecule has 2 N–H and O–H groups in total. The van der Waals surface area contributed by atoms with E-state index in [0.717, 1.165) is 58.1 Å². The molecule has 0 radical (unpaired) electrons. The summed E-state index contributed by atoms with van der Waals surface area (Å²) in [6.45, 7) is 7.87. The van der Waals surface area contributed by atoms with E-state index in [1.165, 1.54) is 19.3 Å². The summed E-state index contributed by atoms with van der Waals surface area (Å²) in [7, 11) is 0. The third kappa shape index (κ3) is 6.47. The maximum Gasteiger partial charge on any atom is 0.407 e. The lowest BCUT2D eigenvalue weighted by Gasteiger charge is -2.31. The quantitative estimate of drug-likeness (QED) is 0.258. The number of fused-ring (bicyclic) bond motifs is 1. The third-order valence-electron chi connectivity index (χ3n) is 7.84. The molecule has 208 valence electrons. The van der Waals surface area contributed by atoms with Gasteiger partial charge < -0.3 is 24.6 Å². The molecule has 5 rings (SSSR count). The van der Waals surface area contributed by atoms with Crippen LogP contribution in [0.15, 0.2) is 24.3 Å². The molecule has 0 spiro atoms. The monoisotopic (exact) mass is 637 g/mol. The van der Waals surface area contributed by atoms with Crippen molar-refractivity contribution in [1.82, 2.24) is 15.1 Å². The maximum atomic E-state index is 12.2. The zero-order valence-electron chi connectivity index (χ0n) is 22.8. The molecule has 3 saturated carbocycles. The first kappa shape index (κ1) is 27.7. The number of carbonyl (C=O) groups excluding carboxylic acids is 1. The highest BCUT2D eigenvalue weighted by atomic mass is 127. The summed E-state index contributed by atoms with van der Waals surface area (Å²) in [5.41, 5.74) is 1.99. The molecule has 3 atom stereocenters. The van der Waals surface area contributed by atoms with Crippen LogP contribution in [0, 0.1) is 15.4 Å². The molecule has 3 fully saturated rings. The number of aliphatic hydroxyl groups excluding tert-OH is 1. The predicted octanol–water partition coefficient (Wildman–Crippen LogP) is 6.37. The lowest BCUT2D eigenvalue weighted by Crippen LogP contribution is -2.41. The number of carbonyl (C=O) groups is 1. The average Bonchev–Trinajstić information content (AvgIpc) is 3.30. The molecular weight excluding hydrogens is 597 g/mol. The van der Waals surface area contributed by atoms with Gasteiger partial charge in [-0.15, -0.1) is 0 Å². The van der Waals surface area contributed by atoms with Gasteiger partial charge in [0.2, 0.25) is 0 Å². The molecule has 3 aliphatic carbocycles. The van der Waals surface area contributed by atoms with Gasteiger partial charge in [-0.2, -0.15) is 5.10 Å². The van der Waals surface area contributed by atoms with Crippen LogP contribution in [0.3, 0.4) is 0 Å². The highest BCUT2D eigenvalue weighted by Gasteiger charge is 2.46. The zero-order valence-corrected chi connectivity index (χ0v) is 24.9. The number of halogens is 1. The smallest absolute Gasteiger partial charge is 0.407 e. The van der Waals surface area contributed by atoms with Gasteiger partial charge in [0.05, 0.1) is 15.7 Å². The predicted molar refractivity (Wildman–Crippen MR) is 153 cm³/mol. The first-order valence-corrected chi connectivity index (χ1v) is 15.0. The Labute approximate surface area is 238 Å². The number of aliphatic hydroxyl groups is 1. The third-order valence-corrected chi connectivity index (χ3v) is 8.90. The second kappa shape index (κ2) is 11.3. The van der Waals surface area contributed by atoms with Gasteiger partial charge in [0, 0.05) is 18.2 Å². The van der Waals surface area contributed by atoms with Crippen LogP contribution in [0.1, 0.15) is 90.7 Å². The number of benzene rings is 1. The second-order valence-corrected chi connectivity index (χ2v) is 13.0. The Morgan fingerprint density at radius 2 is 1.79 bits per heavy atom. The topological polar surface area (TPSA) is 94.8 Å². The van der Waals surface area contributed by atoms with E-state index < -0.39 is 11.9 Å². The van der Waals surface area contributed by atoms with Crippen molar-refractivity contribution < 1.29 is 24.1 Å². The van der Waals surface area contributed by atoms with Crippen LogP contribution in [0.25, 0.3) is 11.3 Å². The number of amides is 1. The molecular formula is C29H40IN3O5. The second-order valence-electron chi connectivity index (χ2n) is 11.9. The number of hydrogen-bond acceptors (Lipinski definition) is 6. The highest BCUT2D eigenvalue weighted by molar-refractivity contribution is 14.1. The lowest BCUT2D eigenvalue weighted by molar-refractivity contribution is -0.105. The fraction of sp³-hybridized carbons (Fsp3) is 0.655. The Kier molecular flexibility index (Phi) is 8.26. The molecule has 1 aromatic heterocycles. The fourth-order valence-electron chi connectivity index (χ4n) is 5.93. The van der Waals surface area contributed by atoms with Crippen molar-refractivity contribution in [1.29, 1.82) is 0 Å². The van der Waals surface area contributed by atoms with Crippen molar-refractivity contribution >= 4 is 28.7 Å². The van der Waals surface area contributed by atoms with E-state index in [4.69, 9.17) is 19.3 Å². The van der Waals surface area contributed by atoms with Crippen molar-refractivity contribution in [3.63, 3.8) is 0 Å². The Bertz CT molecular complexity index is 1110. The molecule has 38 heavy (non-hydrogen) atoms. The molecule has 3 aliphatic rings. The molecule has 2 aromatic rings. The molecule has 1 aromatic carbocycles. The van der Waals surface area contributed by atoms with Gasteiger partial charge in [-0.1, -0.05) is 0 Å². The summed E-state index contributed by atoms with van der Waals surface area (Å²) < 4.78 is 20.1. The van der Waals surface area contributed by atoms with Crippen molar-refractivity contribution in [2.24, 2.45) is 11.8 Å². The number of rotatable bonds is 8. The van der Waals surface area contributed by atoms with Crippen molar-refractivity contribution in [2.45, 2.75) is 103 Å².